The average molecular weight is 376 g/mol. The number of unbranched alkanes of at least 4 members (excludes halogenated alkanes) is 1. The zero-order valence-corrected chi connectivity index (χ0v) is 16.5. The largest absolute Gasteiger partial charge is 0.322 e. The smallest absolute Gasteiger partial charge is 0.256 e. The van der Waals surface area contributed by atoms with Crippen LogP contribution in [0.4, 0.5) is 5.69 Å². The Labute approximate surface area is 166 Å². The molecule has 3 aromatic carbocycles. The first-order valence-corrected chi connectivity index (χ1v) is 10.4. The van der Waals surface area contributed by atoms with Crippen molar-refractivity contribution in [3.63, 3.8) is 0 Å². The molecule has 3 rings (SSSR count). The second-order valence-electron chi connectivity index (χ2n) is 6.53. The van der Waals surface area contributed by atoms with E-state index in [0.717, 1.165) is 22.8 Å². The minimum atomic E-state index is -0.0625. The molecular weight excluding hydrogens is 350 g/mol. The number of carbonyl (C=O) groups is 1. The van der Waals surface area contributed by atoms with Gasteiger partial charge in [-0.1, -0.05) is 67.9 Å². The highest BCUT2D eigenvalue weighted by molar-refractivity contribution is 7.98. The molecule has 0 atom stereocenters. The van der Waals surface area contributed by atoms with Crippen molar-refractivity contribution in [1.29, 1.82) is 0 Å². The Morgan fingerprint density at radius 1 is 0.852 bits per heavy atom. The summed E-state index contributed by atoms with van der Waals surface area (Å²) in [5.74, 6) is 0.782. The summed E-state index contributed by atoms with van der Waals surface area (Å²) in [6.45, 7) is 2.20. The third-order valence-corrected chi connectivity index (χ3v) is 5.54. The molecule has 1 amide bonds. The van der Waals surface area contributed by atoms with Crippen molar-refractivity contribution < 1.29 is 4.79 Å². The molecule has 0 radical (unpaired) electrons. The summed E-state index contributed by atoms with van der Waals surface area (Å²) >= 11 is 1.69. The molecule has 0 saturated carbocycles. The number of aryl methyl sites for hydroxylation is 1. The molecule has 0 bridgehead atoms. The fourth-order valence-electron chi connectivity index (χ4n) is 2.85. The summed E-state index contributed by atoms with van der Waals surface area (Å²) < 4.78 is 0. The van der Waals surface area contributed by atoms with Crippen molar-refractivity contribution in [3.05, 3.63) is 95.6 Å². The van der Waals surface area contributed by atoms with E-state index in [0.29, 0.717) is 5.56 Å². The first kappa shape index (κ1) is 19.2. The fourth-order valence-corrected chi connectivity index (χ4v) is 3.86. The van der Waals surface area contributed by atoms with Crippen LogP contribution >= 0.6 is 11.8 Å². The van der Waals surface area contributed by atoms with Crippen molar-refractivity contribution in [3.8, 4) is 0 Å². The quantitative estimate of drug-likeness (QED) is 0.451. The van der Waals surface area contributed by atoms with E-state index in [-0.39, 0.29) is 5.91 Å². The Hall–Kier alpha value is -2.52. The highest BCUT2D eigenvalue weighted by Crippen LogP contribution is 2.27. The predicted octanol–water partition coefficient (Wildman–Crippen LogP) is 6.57. The number of hydrogen-bond donors (Lipinski definition) is 1. The van der Waals surface area contributed by atoms with Gasteiger partial charge in [-0.3, -0.25) is 4.79 Å². The molecule has 3 aromatic rings. The number of thioether (sulfide) groups is 1. The Morgan fingerprint density at radius 3 is 2.30 bits per heavy atom. The molecule has 0 aliphatic rings. The zero-order chi connectivity index (χ0) is 18.9. The van der Waals surface area contributed by atoms with Crippen LogP contribution in [0.15, 0.2) is 83.8 Å². The average Bonchev–Trinajstić information content (AvgIpc) is 2.72. The van der Waals surface area contributed by atoms with Crippen LogP contribution < -0.4 is 5.32 Å². The van der Waals surface area contributed by atoms with Crippen molar-refractivity contribution in [2.75, 3.05) is 5.32 Å². The van der Waals surface area contributed by atoms with E-state index in [9.17, 15) is 4.79 Å². The molecule has 0 aliphatic carbocycles. The Balaban J connectivity index is 1.66. The number of hydrogen-bond acceptors (Lipinski definition) is 2. The van der Waals surface area contributed by atoms with Crippen LogP contribution in [0, 0.1) is 0 Å². The van der Waals surface area contributed by atoms with Gasteiger partial charge in [0.05, 0.1) is 5.56 Å². The van der Waals surface area contributed by atoms with Crippen molar-refractivity contribution in [2.45, 2.75) is 36.8 Å². The predicted molar refractivity (Wildman–Crippen MR) is 115 cm³/mol. The van der Waals surface area contributed by atoms with Gasteiger partial charge in [0.15, 0.2) is 0 Å². The van der Waals surface area contributed by atoms with Crippen LogP contribution in [0.2, 0.25) is 0 Å². The van der Waals surface area contributed by atoms with Crippen LogP contribution in [0.5, 0.6) is 0 Å². The molecule has 2 nitrogen and oxygen atoms in total. The van der Waals surface area contributed by atoms with Gasteiger partial charge in [0, 0.05) is 16.3 Å². The van der Waals surface area contributed by atoms with Gasteiger partial charge in [-0.15, -0.1) is 11.8 Å². The molecular formula is C24H25NOS. The lowest BCUT2D eigenvalue weighted by Gasteiger charge is -2.10. The van der Waals surface area contributed by atoms with Crippen molar-refractivity contribution in [2.24, 2.45) is 0 Å². The van der Waals surface area contributed by atoms with Crippen LogP contribution in [-0.2, 0) is 12.2 Å². The number of anilines is 1. The van der Waals surface area contributed by atoms with Crippen LogP contribution in [0.3, 0.4) is 0 Å². The summed E-state index contributed by atoms with van der Waals surface area (Å²) in [6, 6.07) is 26.3. The van der Waals surface area contributed by atoms with Crippen LogP contribution in [0.25, 0.3) is 0 Å². The Bertz CT molecular complexity index is 859. The summed E-state index contributed by atoms with van der Waals surface area (Å²) in [6.07, 6.45) is 3.47. The van der Waals surface area contributed by atoms with Gasteiger partial charge >= 0.3 is 0 Å². The Morgan fingerprint density at radius 2 is 1.56 bits per heavy atom. The molecule has 138 valence electrons. The SMILES string of the molecule is CCCCc1ccc(NC(=O)c2ccccc2SCc2ccccc2)cc1. The van der Waals surface area contributed by atoms with Gasteiger partial charge in [-0.2, -0.15) is 0 Å². The van der Waals surface area contributed by atoms with Gasteiger partial charge in [-0.05, 0) is 48.2 Å². The van der Waals surface area contributed by atoms with E-state index >= 15 is 0 Å². The van der Waals surface area contributed by atoms with Crippen LogP contribution in [-0.4, -0.2) is 5.91 Å². The number of rotatable bonds is 8. The second kappa shape index (κ2) is 9.98. The monoisotopic (exact) mass is 375 g/mol. The van der Waals surface area contributed by atoms with E-state index in [1.807, 2.05) is 54.6 Å². The molecule has 0 saturated heterocycles. The molecule has 0 heterocycles. The first-order valence-electron chi connectivity index (χ1n) is 9.42. The summed E-state index contributed by atoms with van der Waals surface area (Å²) in [5.41, 5.74) is 4.12. The molecule has 0 aliphatic heterocycles. The van der Waals surface area contributed by atoms with Crippen molar-refractivity contribution >= 4 is 23.4 Å². The van der Waals surface area contributed by atoms with E-state index in [4.69, 9.17) is 0 Å². The number of carbonyl (C=O) groups excluding carboxylic acids is 1. The first-order chi connectivity index (χ1) is 13.3. The van der Waals surface area contributed by atoms with E-state index < -0.39 is 0 Å². The highest BCUT2D eigenvalue weighted by Gasteiger charge is 2.12. The topological polar surface area (TPSA) is 29.1 Å². The summed E-state index contributed by atoms with van der Waals surface area (Å²) in [5, 5.41) is 3.03. The zero-order valence-electron chi connectivity index (χ0n) is 15.7. The maximum Gasteiger partial charge on any atom is 0.256 e. The van der Waals surface area contributed by atoms with Gasteiger partial charge in [-0.25, -0.2) is 0 Å². The maximum absolute atomic E-state index is 12.8. The number of benzene rings is 3. The lowest BCUT2D eigenvalue weighted by atomic mass is 10.1. The fraction of sp³-hybridized carbons (Fsp3) is 0.208. The van der Waals surface area contributed by atoms with Gasteiger partial charge in [0.2, 0.25) is 0 Å². The molecule has 0 spiro atoms. The third-order valence-electron chi connectivity index (χ3n) is 4.40. The van der Waals surface area contributed by atoms with Gasteiger partial charge in [0.25, 0.3) is 5.91 Å². The van der Waals surface area contributed by atoms with Crippen LogP contribution in [0.1, 0.15) is 41.3 Å². The lowest BCUT2D eigenvalue weighted by Crippen LogP contribution is -2.13. The summed E-state index contributed by atoms with van der Waals surface area (Å²) in [7, 11) is 0. The maximum atomic E-state index is 12.8. The minimum Gasteiger partial charge on any atom is -0.322 e. The molecule has 3 heteroatoms. The molecule has 0 aromatic heterocycles. The van der Waals surface area contributed by atoms with E-state index in [1.54, 1.807) is 11.8 Å². The molecule has 1 N–H and O–H groups in total. The number of nitrogens with one attached hydrogen (secondary N) is 1. The lowest BCUT2D eigenvalue weighted by molar-refractivity contribution is 0.102. The van der Waals surface area contributed by atoms with Gasteiger partial charge < -0.3 is 5.32 Å². The van der Waals surface area contributed by atoms with Crippen molar-refractivity contribution in [1.82, 2.24) is 0 Å². The molecule has 0 fully saturated rings. The highest BCUT2D eigenvalue weighted by atomic mass is 32.2. The second-order valence-corrected chi connectivity index (χ2v) is 7.54. The third kappa shape index (κ3) is 5.73. The normalized spacial score (nSPS) is 10.6. The molecule has 27 heavy (non-hydrogen) atoms. The Kier molecular flexibility index (Phi) is 7.11. The molecule has 0 unspecified atom stereocenters. The number of amides is 1. The minimum absolute atomic E-state index is 0.0625. The summed E-state index contributed by atoms with van der Waals surface area (Å²) in [4.78, 5) is 13.8. The standard InChI is InChI=1S/C24H25NOS/c1-2-3-9-19-14-16-21(17-15-19)25-24(26)22-12-7-8-13-23(22)27-18-20-10-5-4-6-11-20/h4-8,10-17H,2-3,9,18H2,1H3,(H,25,26). The van der Waals surface area contributed by atoms with E-state index in [1.165, 1.54) is 24.0 Å². The van der Waals surface area contributed by atoms with Gasteiger partial charge in [0.1, 0.15) is 0 Å². The van der Waals surface area contributed by atoms with E-state index in [2.05, 4.69) is 36.5 Å².